The van der Waals surface area contributed by atoms with Crippen molar-refractivity contribution in [2.24, 2.45) is 0 Å². The molecular weight excluding hydrogens is 321 g/mol. The van der Waals surface area contributed by atoms with E-state index in [1.807, 2.05) is 12.1 Å². The van der Waals surface area contributed by atoms with E-state index in [9.17, 15) is 9.18 Å². The number of nitrogens with zero attached hydrogens (tertiary/aromatic N) is 2. The Morgan fingerprint density at radius 2 is 1.48 bits per heavy atom. The van der Waals surface area contributed by atoms with Crippen molar-refractivity contribution < 1.29 is 9.18 Å². The molecule has 3 N–H and O–H groups in total. The number of hydrogen-bond donors (Lipinski definition) is 3. The minimum Gasteiger partial charge on any atom is -0.340 e. The first-order valence-corrected chi connectivity index (χ1v) is 7.58. The maximum atomic E-state index is 13.2. The van der Waals surface area contributed by atoms with E-state index in [4.69, 9.17) is 0 Å². The predicted octanol–water partition coefficient (Wildman–Crippen LogP) is 4.06. The van der Waals surface area contributed by atoms with Crippen molar-refractivity contribution in [1.29, 1.82) is 0 Å². The van der Waals surface area contributed by atoms with Crippen LogP contribution in [0.4, 0.5) is 33.1 Å². The fraction of sp³-hybridized carbons (Fsp3) is 0.0556. The summed E-state index contributed by atoms with van der Waals surface area (Å²) in [5.74, 6) is 0.628. The van der Waals surface area contributed by atoms with E-state index in [-0.39, 0.29) is 11.7 Å². The minimum atomic E-state index is -0.327. The summed E-state index contributed by atoms with van der Waals surface area (Å²) in [6, 6.07) is 15.1. The molecule has 2 aromatic carbocycles. The first kappa shape index (κ1) is 16.4. The topological polar surface area (TPSA) is 78.9 Å². The maximum absolute atomic E-state index is 13.2. The highest BCUT2D eigenvalue weighted by molar-refractivity contribution is 5.89. The van der Waals surface area contributed by atoms with Crippen LogP contribution in [0.5, 0.6) is 0 Å². The number of carbonyl (C=O) groups excluding carboxylic acids is 1. The van der Waals surface area contributed by atoms with Gasteiger partial charge in [-0.05, 0) is 36.4 Å². The van der Waals surface area contributed by atoms with Crippen molar-refractivity contribution in [3.05, 3.63) is 66.7 Å². The molecule has 3 aromatic rings. The molecule has 7 heteroatoms. The van der Waals surface area contributed by atoms with Crippen molar-refractivity contribution in [3.63, 3.8) is 0 Å². The summed E-state index contributed by atoms with van der Waals surface area (Å²) < 4.78 is 13.2. The van der Waals surface area contributed by atoms with E-state index in [0.717, 1.165) is 5.69 Å². The molecule has 1 amide bonds. The first-order valence-electron chi connectivity index (χ1n) is 7.58. The van der Waals surface area contributed by atoms with Crippen molar-refractivity contribution in [2.45, 2.75) is 6.92 Å². The van der Waals surface area contributed by atoms with Gasteiger partial charge in [-0.25, -0.2) is 14.4 Å². The average Bonchev–Trinajstić information content (AvgIpc) is 2.55. The number of rotatable bonds is 5. The fourth-order valence-corrected chi connectivity index (χ4v) is 2.23. The van der Waals surface area contributed by atoms with Crippen LogP contribution in [-0.4, -0.2) is 15.9 Å². The van der Waals surface area contributed by atoms with Crippen LogP contribution in [0.1, 0.15) is 6.92 Å². The zero-order valence-corrected chi connectivity index (χ0v) is 13.5. The summed E-state index contributed by atoms with van der Waals surface area (Å²) in [6.07, 6.45) is 1.40. The molecule has 0 aliphatic carbocycles. The highest BCUT2D eigenvalue weighted by Crippen LogP contribution is 2.21. The molecule has 0 aliphatic rings. The van der Waals surface area contributed by atoms with E-state index in [1.165, 1.54) is 25.4 Å². The van der Waals surface area contributed by atoms with Gasteiger partial charge in [0.25, 0.3) is 0 Å². The number of anilines is 5. The fourth-order valence-electron chi connectivity index (χ4n) is 2.23. The molecule has 126 valence electrons. The van der Waals surface area contributed by atoms with Crippen LogP contribution >= 0.6 is 0 Å². The smallest absolute Gasteiger partial charge is 0.221 e. The van der Waals surface area contributed by atoms with Gasteiger partial charge in [-0.1, -0.05) is 12.1 Å². The molecule has 0 aliphatic heterocycles. The second-order valence-electron chi connectivity index (χ2n) is 5.31. The Morgan fingerprint density at radius 1 is 0.880 bits per heavy atom. The monoisotopic (exact) mass is 337 g/mol. The minimum absolute atomic E-state index is 0.138. The maximum Gasteiger partial charge on any atom is 0.221 e. The van der Waals surface area contributed by atoms with Gasteiger partial charge in [0.1, 0.15) is 23.8 Å². The highest BCUT2D eigenvalue weighted by atomic mass is 19.1. The van der Waals surface area contributed by atoms with Crippen molar-refractivity contribution in [3.8, 4) is 0 Å². The Morgan fingerprint density at radius 3 is 2.12 bits per heavy atom. The normalized spacial score (nSPS) is 10.2. The number of benzene rings is 2. The standard InChI is InChI=1S/C18H16FN5O/c1-12(25)22-15-6-3-7-16(9-15)24-18-10-17(20-11-21-18)23-14-5-2-4-13(19)8-14/h2-11H,1H3,(H,22,25)(H2,20,21,23,24). The lowest BCUT2D eigenvalue weighted by molar-refractivity contribution is -0.114. The molecule has 0 unspecified atom stereocenters. The molecule has 1 aromatic heterocycles. The largest absolute Gasteiger partial charge is 0.340 e. The molecule has 0 radical (unpaired) electrons. The van der Waals surface area contributed by atoms with Crippen molar-refractivity contribution in [2.75, 3.05) is 16.0 Å². The van der Waals surface area contributed by atoms with Crippen LogP contribution in [0, 0.1) is 5.82 Å². The van der Waals surface area contributed by atoms with Gasteiger partial charge in [0.05, 0.1) is 0 Å². The van der Waals surface area contributed by atoms with Crippen LogP contribution < -0.4 is 16.0 Å². The van der Waals surface area contributed by atoms with E-state index >= 15 is 0 Å². The second kappa shape index (κ2) is 7.39. The highest BCUT2D eigenvalue weighted by Gasteiger charge is 2.03. The lowest BCUT2D eigenvalue weighted by Crippen LogP contribution is -2.06. The molecule has 1 heterocycles. The number of hydrogen-bond acceptors (Lipinski definition) is 5. The zero-order valence-electron chi connectivity index (χ0n) is 13.5. The molecule has 3 rings (SSSR count). The molecule has 0 saturated carbocycles. The van der Waals surface area contributed by atoms with Crippen LogP contribution in [0.25, 0.3) is 0 Å². The number of amides is 1. The predicted molar refractivity (Wildman–Crippen MR) is 95.7 cm³/mol. The molecule has 0 saturated heterocycles. The molecule has 6 nitrogen and oxygen atoms in total. The summed E-state index contributed by atoms with van der Waals surface area (Å²) in [7, 11) is 0. The van der Waals surface area contributed by atoms with Gasteiger partial charge in [-0.15, -0.1) is 0 Å². The molecule has 25 heavy (non-hydrogen) atoms. The van der Waals surface area contributed by atoms with Gasteiger partial charge < -0.3 is 16.0 Å². The van der Waals surface area contributed by atoms with Gasteiger partial charge in [-0.3, -0.25) is 4.79 Å². The van der Waals surface area contributed by atoms with Crippen LogP contribution in [0.15, 0.2) is 60.9 Å². The van der Waals surface area contributed by atoms with Gasteiger partial charge in [-0.2, -0.15) is 0 Å². The van der Waals surface area contributed by atoms with E-state index in [0.29, 0.717) is 23.0 Å². The summed E-state index contributed by atoms with van der Waals surface area (Å²) in [4.78, 5) is 19.4. The number of halogens is 1. The Bertz CT molecular complexity index is 900. The number of aromatic nitrogens is 2. The SMILES string of the molecule is CC(=O)Nc1cccc(Nc2cc(Nc3cccc(F)c3)ncn2)c1. The van der Waals surface area contributed by atoms with Gasteiger partial charge in [0.15, 0.2) is 0 Å². The van der Waals surface area contributed by atoms with Gasteiger partial charge in [0, 0.05) is 30.1 Å². The summed E-state index contributed by atoms with van der Waals surface area (Å²) in [5, 5.41) is 8.88. The third-order valence-corrected chi connectivity index (χ3v) is 3.22. The molecule has 0 spiro atoms. The zero-order chi connectivity index (χ0) is 17.6. The van der Waals surface area contributed by atoms with Crippen LogP contribution in [0.2, 0.25) is 0 Å². The summed E-state index contributed by atoms with van der Waals surface area (Å²) >= 11 is 0. The number of nitrogens with one attached hydrogen (secondary N) is 3. The van der Waals surface area contributed by atoms with Crippen LogP contribution in [0.3, 0.4) is 0 Å². The third-order valence-electron chi connectivity index (χ3n) is 3.22. The Hall–Kier alpha value is -3.48. The molecule has 0 fully saturated rings. The first-order chi connectivity index (χ1) is 12.1. The van der Waals surface area contributed by atoms with E-state index in [2.05, 4.69) is 25.9 Å². The Labute approximate surface area is 144 Å². The van der Waals surface area contributed by atoms with Gasteiger partial charge >= 0.3 is 0 Å². The average molecular weight is 337 g/mol. The molecular formula is C18H16FN5O. The quantitative estimate of drug-likeness (QED) is 0.654. The summed E-state index contributed by atoms with van der Waals surface area (Å²) in [6.45, 7) is 1.45. The van der Waals surface area contributed by atoms with Crippen molar-refractivity contribution in [1.82, 2.24) is 9.97 Å². The Kier molecular flexibility index (Phi) is 4.84. The van der Waals surface area contributed by atoms with Crippen molar-refractivity contribution >= 4 is 34.6 Å². The Balaban J connectivity index is 1.74. The van der Waals surface area contributed by atoms with E-state index < -0.39 is 0 Å². The molecule has 0 bridgehead atoms. The van der Waals surface area contributed by atoms with Gasteiger partial charge in [0.2, 0.25) is 5.91 Å². The number of carbonyl (C=O) groups is 1. The third kappa shape index (κ3) is 4.74. The second-order valence-corrected chi connectivity index (χ2v) is 5.31. The summed E-state index contributed by atoms with van der Waals surface area (Å²) in [5.41, 5.74) is 2.05. The van der Waals surface area contributed by atoms with E-state index in [1.54, 1.807) is 30.3 Å². The molecule has 0 atom stereocenters. The lowest BCUT2D eigenvalue weighted by Gasteiger charge is -2.10. The lowest BCUT2D eigenvalue weighted by atomic mass is 10.2. The van der Waals surface area contributed by atoms with Crippen LogP contribution in [-0.2, 0) is 4.79 Å².